The molecule has 1 unspecified atom stereocenters. The summed E-state index contributed by atoms with van der Waals surface area (Å²) < 4.78 is 8.64. The average molecular weight is 429 g/mol. The summed E-state index contributed by atoms with van der Waals surface area (Å²) in [5.74, 6) is 0.475. The lowest BCUT2D eigenvalue weighted by Gasteiger charge is -2.11. The lowest BCUT2D eigenvalue weighted by Crippen LogP contribution is -2.21. The Morgan fingerprint density at radius 1 is 1.17 bits per heavy atom. The molecule has 2 heterocycles. The number of carbonyl (C=O) groups excluding carboxylic acids is 1. The molecule has 0 aliphatic rings. The molecule has 0 N–H and O–H groups in total. The summed E-state index contributed by atoms with van der Waals surface area (Å²) in [5.41, 5.74) is 0.516. The van der Waals surface area contributed by atoms with Gasteiger partial charge in [0, 0.05) is 17.0 Å². The van der Waals surface area contributed by atoms with E-state index >= 15 is 0 Å². The topological polar surface area (TPSA) is 78.5 Å². The van der Waals surface area contributed by atoms with Crippen molar-refractivity contribution in [3.63, 3.8) is 0 Å². The summed E-state index contributed by atoms with van der Waals surface area (Å²) in [6.45, 7) is 1.73. The van der Waals surface area contributed by atoms with Crippen LogP contribution in [0.15, 0.2) is 58.2 Å². The highest BCUT2D eigenvalue weighted by Gasteiger charge is 2.19. The van der Waals surface area contributed by atoms with Gasteiger partial charge in [-0.05, 0) is 43.3 Å². The number of aryl methyl sites for hydroxylation is 1. The van der Waals surface area contributed by atoms with Crippen LogP contribution in [-0.2, 0) is 23.2 Å². The molecule has 0 radical (unpaired) electrons. The molecule has 29 heavy (non-hydrogen) atoms. The predicted molar refractivity (Wildman–Crippen MR) is 112 cm³/mol. The Bertz CT molecular complexity index is 1270. The number of para-hydroxylation sites is 1. The smallest absolute Gasteiger partial charge is 0.319 e. The largest absolute Gasteiger partial charge is 0.457 e. The van der Waals surface area contributed by atoms with E-state index in [0.29, 0.717) is 27.5 Å². The summed E-state index contributed by atoms with van der Waals surface area (Å²) in [6, 6.07) is 14.5. The third-order valence-corrected chi connectivity index (χ3v) is 5.84. The van der Waals surface area contributed by atoms with Crippen LogP contribution in [0.1, 0.15) is 12.7 Å². The van der Waals surface area contributed by atoms with Gasteiger partial charge in [-0.3, -0.25) is 18.6 Å². The maximum atomic E-state index is 12.5. The van der Waals surface area contributed by atoms with Crippen molar-refractivity contribution in [2.75, 3.05) is 0 Å². The molecular weight excluding hydrogens is 412 g/mol. The zero-order chi connectivity index (χ0) is 20.5. The number of rotatable bonds is 5. The predicted octanol–water partition coefficient (Wildman–Crippen LogP) is 3.46. The molecule has 0 aliphatic heterocycles. The second-order valence-electron chi connectivity index (χ2n) is 6.45. The lowest BCUT2D eigenvalue weighted by atomic mass is 10.2. The first-order valence-electron chi connectivity index (χ1n) is 8.86. The zero-order valence-electron chi connectivity index (χ0n) is 15.7. The molecular formula is C20H17ClN4O3S. The summed E-state index contributed by atoms with van der Waals surface area (Å²) in [5, 5.41) is 9.00. The quantitative estimate of drug-likeness (QED) is 0.358. The molecule has 0 saturated heterocycles. The maximum absolute atomic E-state index is 12.5. The molecule has 0 bridgehead atoms. The van der Waals surface area contributed by atoms with Gasteiger partial charge in [-0.1, -0.05) is 23.7 Å². The van der Waals surface area contributed by atoms with Crippen LogP contribution in [0.3, 0.4) is 0 Å². The molecule has 4 aromatic rings. The fraction of sp³-hybridized carbons (Fsp3) is 0.200. The van der Waals surface area contributed by atoms with Crippen molar-refractivity contribution < 1.29 is 9.53 Å². The van der Waals surface area contributed by atoms with Crippen LogP contribution >= 0.6 is 23.4 Å². The number of fused-ring (bicyclic) bond motifs is 3. The summed E-state index contributed by atoms with van der Waals surface area (Å²) in [4.78, 5) is 25.9. The molecule has 0 saturated carbocycles. The number of esters is 1. The van der Waals surface area contributed by atoms with Gasteiger partial charge in [0.25, 0.3) is 5.56 Å². The number of carbonyl (C=O) groups is 1. The summed E-state index contributed by atoms with van der Waals surface area (Å²) in [7, 11) is 1.64. The fourth-order valence-electron chi connectivity index (χ4n) is 3.00. The number of hydrogen-bond donors (Lipinski definition) is 0. The number of halogens is 1. The Morgan fingerprint density at radius 2 is 1.90 bits per heavy atom. The fourth-order valence-corrected chi connectivity index (χ4v) is 4.00. The first-order chi connectivity index (χ1) is 14.0. The van der Waals surface area contributed by atoms with E-state index < -0.39 is 5.25 Å². The highest BCUT2D eigenvalue weighted by Crippen LogP contribution is 2.25. The average Bonchev–Trinajstić information content (AvgIpc) is 3.16. The monoisotopic (exact) mass is 428 g/mol. The third kappa shape index (κ3) is 3.73. The lowest BCUT2D eigenvalue weighted by molar-refractivity contribution is -0.144. The van der Waals surface area contributed by atoms with Crippen LogP contribution in [0.5, 0.6) is 0 Å². The summed E-state index contributed by atoms with van der Waals surface area (Å²) in [6.07, 6.45) is 0. The van der Waals surface area contributed by atoms with E-state index in [9.17, 15) is 9.59 Å². The second-order valence-corrected chi connectivity index (χ2v) is 8.31. The van der Waals surface area contributed by atoms with Gasteiger partial charge in [0.2, 0.25) is 5.78 Å². The number of hydrogen-bond acceptors (Lipinski definition) is 6. The number of aromatic nitrogens is 4. The third-order valence-electron chi connectivity index (χ3n) is 4.49. The maximum Gasteiger partial charge on any atom is 0.319 e. The molecule has 4 rings (SSSR count). The SMILES string of the molecule is CC(Sc1ccc(Cl)cc1)C(=O)OCc1nnc2n(C)c(=O)c3ccccc3n12. The number of thioether (sulfide) groups is 1. The number of nitrogens with zero attached hydrogens (tertiary/aromatic N) is 4. The molecule has 0 spiro atoms. The van der Waals surface area contributed by atoms with E-state index in [1.165, 1.54) is 16.3 Å². The van der Waals surface area contributed by atoms with Crippen LogP contribution < -0.4 is 5.56 Å². The van der Waals surface area contributed by atoms with E-state index in [1.807, 2.05) is 24.3 Å². The molecule has 148 valence electrons. The highest BCUT2D eigenvalue weighted by molar-refractivity contribution is 8.00. The van der Waals surface area contributed by atoms with E-state index in [1.54, 1.807) is 42.6 Å². The van der Waals surface area contributed by atoms with Crippen molar-refractivity contribution in [2.45, 2.75) is 23.7 Å². The van der Waals surface area contributed by atoms with Gasteiger partial charge >= 0.3 is 5.97 Å². The molecule has 0 aliphatic carbocycles. The molecule has 7 nitrogen and oxygen atoms in total. The summed E-state index contributed by atoms with van der Waals surface area (Å²) >= 11 is 7.28. The van der Waals surface area contributed by atoms with Crippen LogP contribution in [0.2, 0.25) is 5.02 Å². The second kappa shape index (κ2) is 7.88. The highest BCUT2D eigenvalue weighted by atomic mass is 35.5. The Hall–Kier alpha value is -2.84. The van der Waals surface area contributed by atoms with Crippen molar-refractivity contribution in [1.82, 2.24) is 19.2 Å². The van der Waals surface area contributed by atoms with E-state index in [0.717, 1.165) is 4.90 Å². The van der Waals surface area contributed by atoms with Crippen molar-refractivity contribution in [3.8, 4) is 0 Å². The molecule has 2 aromatic carbocycles. The van der Waals surface area contributed by atoms with Crippen molar-refractivity contribution in [3.05, 3.63) is 69.7 Å². The Balaban J connectivity index is 1.56. The first kappa shape index (κ1) is 19.5. The van der Waals surface area contributed by atoms with Gasteiger partial charge in [0.1, 0.15) is 5.25 Å². The zero-order valence-corrected chi connectivity index (χ0v) is 17.3. The van der Waals surface area contributed by atoms with Crippen molar-refractivity contribution in [2.24, 2.45) is 7.05 Å². The van der Waals surface area contributed by atoms with Gasteiger partial charge < -0.3 is 4.74 Å². The van der Waals surface area contributed by atoms with Crippen molar-refractivity contribution in [1.29, 1.82) is 0 Å². The molecule has 2 aromatic heterocycles. The van der Waals surface area contributed by atoms with Crippen LogP contribution in [-0.4, -0.2) is 30.4 Å². The van der Waals surface area contributed by atoms with Gasteiger partial charge in [-0.2, -0.15) is 0 Å². The minimum absolute atomic E-state index is 0.0479. The van der Waals surface area contributed by atoms with E-state index in [-0.39, 0.29) is 18.1 Å². The van der Waals surface area contributed by atoms with Gasteiger partial charge in [0.15, 0.2) is 12.4 Å². The van der Waals surface area contributed by atoms with Crippen LogP contribution in [0.25, 0.3) is 16.7 Å². The van der Waals surface area contributed by atoms with Crippen molar-refractivity contribution >= 4 is 46.0 Å². The Kier molecular flexibility index (Phi) is 5.29. The molecule has 0 amide bonds. The first-order valence-corrected chi connectivity index (χ1v) is 10.1. The normalized spacial score (nSPS) is 12.4. The number of benzene rings is 2. The number of ether oxygens (including phenoxy) is 1. The van der Waals surface area contributed by atoms with Gasteiger partial charge in [-0.15, -0.1) is 22.0 Å². The van der Waals surface area contributed by atoms with Gasteiger partial charge in [-0.25, -0.2) is 0 Å². The van der Waals surface area contributed by atoms with Crippen LogP contribution in [0.4, 0.5) is 0 Å². The molecule has 0 fully saturated rings. The Morgan fingerprint density at radius 3 is 2.66 bits per heavy atom. The van der Waals surface area contributed by atoms with E-state index in [4.69, 9.17) is 16.3 Å². The minimum Gasteiger partial charge on any atom is -0.457 e. The standard InChI is InChI=1S/C20H17ClN4O3S/c1-12(29-14-9-7-13(21)8-10-14)19(27)28-11-17-22-23-20-24(2)18(26)15-5-3-4-6-16(15)25(17)20/h3-10,12H,11H2,1-2H3. The van der Waals surface area contributed by atoms with Crippen LogP contribution in [0, 0.1) is 0 Å². The molecule has 9 heteroatoms. The Labute approximate surface area is 175 Å². The van der Waals surface area contributed by atoms with E-state index in [2.05, 4.69) is 10.2 Å². The minimum atomic E-state index is -0.406. The van der Waals surface area contributed by atoms with Gasteiger partial charge in [0.05, 0.1) is 10.9 Å². The molecule has 1 atom stereocenters.